The fraction of sp³-hybridized carbons (Fsp3) is 0.455. The Bertz CT molecular complexity index is 670. The van der Waals surface area contributed by atoms with E-state index in [1.165, 1.54) is 21.0 Å². The first-order valence-electron chi connectivity index (χ1n) is 5.59. The average Bonchev–Trinajstić information content (AvgIpc) is 2.37. The van der Waals surface area contributed by atoms with Crippen molar-refractivity contribution in [3.05, 3.63) is 26.4 Å². The predicted octanol–water partition coefficient (Wildman–Crippen LogP) is -3.29. The second-order valence-electron chi connectivity index (χ2n) is 4.23. The van der Waals surface area contributed by atoms with Gasteiger partial charge >= 0.3 is 5.69 Å². The number of carbonyl (C=O) groups excluding carboxylic acids is 1. The quantitative estimate of drug-likeness (QED) is 0.556. The zero-order valence-electron chi connectivity index (χ0n) is 11.1. The van der Waals surface area contributed by atoms with Crippen LogP contribution < -0.4 is 16.4 Å². The molecule has 0 bridgehead atoms. The first-order valence-corrected chi connectivity index (χ1v) is 5.59. The number of nitrogens with zero attached hydrogens (tertiary/aromatic N) is 3. The van der Waals surface area contributed by atoms with Gasteiger partial charge in [0, 0.05) is 20.3 Å². The second-order valence-corrected chi connectivity index (χ2v) is 4.23. The Kier molecular flexibility index (Phi) is 4.45. The normalized spacial score (nSPS) is 14.4. The number of aliphatic hydroxyl groups excluding tert-OH is 1. The molecule has 0 aliphatic rings. The second kappa shape index (κ2) is 5.70. The molecular formula is C11H14N3O6-. The highest BCUT2D eigenvalue weighted by molar-refractivity contribution is 5.84. The number of aliphatic imine (C=N–C) groups is 1. The summed E-state index contributed by atoms with van der Waals surface area (Å²) in [5.74, 6) is -2.28. The van der Waals surface area contributed by atoms with E-state index in [1.807, 2.05) is 0 Å². The number of aliphatic carboxylic acids is 1. The van der Waals surface area contributed by atoms with Gasteiger partial charge in [0.1, 0.15) is 11.6 Å². The van der Waals surface area contributed by atoms with E-state index < -0.39 is 35.2 Å². The molecule has 0 spiro atoms. The van der Waals surface area contributed by atoms with Gasteiger partial charge in [-0.3, -0.25) is 18.9 Å². The van der Waals surface area contributed by atoms with E-state index in [2.05, 4.69) is 4.99 Å². The van der Waals surface area contributed by atoms with Gasteiger partial charge in [0.15, 0.2) is 0 Å². The van der Waals surface area contributed by atoms with E-state index in [9.17, 15) is 29.7 Å². The fourth-order valence-electron chi connectivity index (χ4n) is 1.51. The van der Waals surface area contributed by atoms with Gasteiger partial charge in [-0.1, -0.05) is 0 Å². The van der Waals surface area contributed by atoms with Gasteiger partial charge < -0.3 is 20.1 Å². The molecule has 0 fully saturated rings. The molecule has 1 aromatic rings. The molecule has 0 radical (unpaired) electrons. The molecular weight excluding hydrogens is 270 g/mol. The summed E-state index contributed by atoms with van der Waals surface area (Å²) < 4.78 is 1.54. The topological polar surface area (TPSA) is 137 Å². The van der Waals surface area contributed by atoms with Gasteiger partial charge in [-0.2, -0.15) is 0 Å². The van der Waals surface area contributed by atoms with Crippen LogP contribution in [0.3, 0.4) is 0 Å². The third-order valence-electron chi connectivity index (χ3n) is 2.73. The molecule has 2 N–H and O–H groups in total. The first-order chi connectivity index (χ1) is 9.18. The molecule has 2 atom stereocenters. The molecule has 1 aromatic heterocycles. The van der Waals surface area contributed by atoms with Crippen molar-refractivity contribution in [2.75, 3.05) is 0 Å². The Labute approximate surface area is 113 Å². The standard InChI is InChI=1S/C11H15N3O6/c1-5(15)7(10(18)19)12-4-6-8(16)13(2)11(20)14(3)9(6)17/h4-5,7,15-16H,1-3H3,(H,18,19)/p-1/t5-,7-/m0/s1. The van der Waals surface area contributed by atoms with Crippen molar-refractivity contribution in [3.8, 4) is 5.88 Å². The number of hydrogen-bond donors (Lipinski definition) is 2. The maximum atomic E-state index is 11.8. The molecule has 0 aliphatic heterocycles. The van der Waals surface area contributed by atoms with E-state index in [-0.39, 0.29) is 5.56 Å². The summed E-state index contributed by atoms with van der Waals surface area (Å²) in [5, 5.41) is 29.7. The lowest BCUT2D eigenvalue weighted by atomic mass is 10.2. The molecule has 1 rings (SSSR count). The number of aliphatic hydroxyl groups is 1. The van der Waals surface area contributed by atoms with Crippen molar-refractivity contribution in [1.29, 1.82) is 0 Å². The number of aromatic nitrogens is 2. The van der Waals surface area contributed by atoms with Crippen LogP contribution in [-0.2, 0) is 18.9 Å². The van der Waals surface area contributed by atoms with Crippen LogP contribution in [0.2, 0.25) is 0 Å². The summed E-state index contributed by atoms with van der Waals surface area (Å²) in [6.07, 6.45) is -0.542. The smallest absolute Gasteiger partial charge is 0.333 e. The van der Waals surface area contributed by atoms with Crippen LogP contribution in [0.5, 0.6) is 5.88 Å². The van der Waals surface area contributed by atoms with E-state index >= 15 is 0 Å². The summed E-state index contributed by atoms with van der Waals surface area (Å²) >= 11 is 0. The van der Waals surface area contributed by atoms with Crippen LogP contribution in [0.4, 0.5) is 0 Å². The molecule has 0 aromatic carbocycles. The highest BCUT2D eigenvalue weighted by Crippen LogP contribution is 2.07. The van der Waals surface area contributed by atoms with Crippen molar-refractivity contribution < 1.29 is 20.1 Å². The lowest BCUT2D eigenvalue weighted by Crippen LogP contribution is -2.42. The van der Waals surface area contributed by atoms with E-state index in [4.69, 9.17) is 0 Å². The number of carboxylic acid groups (broad SMARTS) is 1. The molecule has 0 amide bonds. The van der Waals surface area contributed by atoms with Crippen molar-refractivity contribution in [3.63, 3.8) is 0 Å². The van der Waals surface area contributed by atoms with Crippen LogP contribution in [-0.4, -0.2) is 43.7 Å². The third-order valence-corrected chi connectivity index (χ3v) is 2.73. The van der Waals surface area contributed by atoms with Crippen molar-refractivity contribution >= 4 is 12.2 Å². The Morgan fingerprint density at radius 1 is 1.35 bits per heavy atom. The minimum Gasteiger partial charge on any atom is -0.548 e. The molecule has 0 saturated heterocycles. The third kappa shape index (κ3) is 2.77. The lowest BCUT2D eigenvalue weighted by Gasteiger charge is -2.16. The minimum absolute atomic E-state index is 0.360. The van der Waals surface area contributed by atoms with Crippen LogP contribution in [0.25, 0.3) is 0 Å². The van der Waals surface area contributed by atoms with Gasteiger partial charge in [0.2, 0.25) is 5.88 Å². The SMILES string of the molecule is C[C@H](O)[C@H](N=Cc1c(O)n(C)c(=O)n(C)c1=O)C(=O)[O-]. The first kappa shape index (κ1) is 15.6. The number of aromatic hydroxyl groups is 1. The molecule has 0 unspecified atom stereocenters. The van der Waals surface area contributed by atoms with Gasteiger partial charge in [-0.15, -0.1) is 0 Å². The Hall–Kier alpha value is -2.42. The largest absolute Gasteiger partial charge is 0.548 e. The molecule has 1 heterocycles. The Morgan fingerprint density at radius 3 is 2.35 bits per heavy atom. The number of rotatable bonds is 4. The van der Waals surface area contributed by atoms with Crippen LogP contribution in [0, 0.1) is 0 Å². The maximum Gasteiger partial charge on any atom is 0.333 e. The van der Waals surface area contributed by atoms with E-state index in [1.54, 1.807) is 0 Å². The zero-order chi connectivity index (χ0) is 15.6. The fourth-order valence-corrected chi connectivity index (χ4v) is 1.51. The van der Waals surface area contributed by atoms with Gasteiger partial charge in [-0.05, 0) is 6.92 Å². The predicted molar refractivity (Wildman–Crippen MR) is 66.7 cm³/mol. The molecule has 0 aliphatic carbocycles. The lowest BCUT2D eigenvalue weighted by molar-refractivity contribution is -0.309. The van der Waals surface area contributed by atoms with Crippen LogP contribution >= 0.6 is 0 Å². The summed E-state index contributed by atoms with van der Waals surface area (Å²) in [5.41, 5.74) is -1.94. The van der Waals surface area contributed by atoms with Crippen molar-refractivity contribution in [2.45, 2.75) is 19.1 Å². The Balaban J connectivity index is 3.40. The molecule has 20 heavy (non-hydrogen) atoms. The Morgan fingerprint density at radius 2 is 1.90 bits per heavy atom. The average molecular weight is 284 g/mol. The number of hydrogen-bond acceptors (Lipinski definition) is 7. The summed E-state index contributed by atoms with van der Waals surface area (Å²) in [6, 6.07) is -1.59. The van der Waals surface area contributed by atoms with E-state index in [0.717, 1.165) is 15.3 Å². The van der Waals surface area contributed by atoms with E-state index in [0.29, 0.717) is 0 Å². The van der Waals surface area contributed by atoms with Gasteiger partial charge in [-0.25, -0.2) is 4.79 Å². The zero-order valence-corrected chi connectivity index (χ0v) is 11.1. The molecule has 110 valence electrons. The summed E-state index contributed by atoms with van der Waals surface area (Å²) in [7, 11) is 2.44. The summed E-state index contributed by atoms with van der Waals surface area (Å²) in [4.78, 5) is 37.5. The summed E-state index contributed by atoms with van der Waals surface area (Å²) in [6.45, 7) is 1.19. The van der Waals surface area contributed by atoms with Crippen LogP contribution in [0.15, 0.2) is 14.6 Å². The van der Waals surface area contributed by atoms with Crippen molar-refractivity contribution in [1.82, 2.24) is 9.13 Å². The molecule has 0 saturated carbocycles. The highest BCUT2D eigenvalue weighted by atomic mass is 16.4. The molecule has 9 nitrogen and oxygen atoms in total. The highest BCUT2D eigenvalue weighted by Gasteiger charge is 2.16. The van der Waals surface area contributed by atoms with Gasteiger partial charge in [0.25, 0.3) is 5.56 Å². The number of carboxylic acids is 1. The van der Waals surface area contributed by atoms with Crippen LogP contribution in [0.1, 0.15) is 12.5 Å². The minimum atomic E-state index is -1.63. The number of carbonyl (C=O) groups is 1. The van der Waals surface area contributed by atoms with Crippen molar-refractivity contribution in [2.24, 2.45) is 19.1 Å². The maximum absolute atomic E-state index is 11.8. The monoisotopic (exact) mass is 284 g/mol. The molecule has 9 heteroatoms. The van der Waals surface area contributed by atoms with Gasteiger partial charge in [0.05, 0.1) is 12.1 Å².